The third kappa shape index (κ3) is 5.26. The molecule has 2 heterocycles. The summed E-state index contributed by atoms with van der Waals surface area (Å²) >= 11 is 0. The summed E-state index contributed by atoms with van der Waals surface area (Å²) in [5.74, 6) is 1.22. The van der Waals surface area contributed by atoms with E-state index >= 15 is 0 Å². The first-order chi connectivity index (χ1) is 13.7. The third-order valence-corrected chi connectivity index (χ3v) is 4.45. The van der Waals surface area contributed by atoms with Crippen LogP contribution >= 0.6 is 0 Å². The van der Waals surface area contributed by atoms with Gasteiger partial charge in [-0.2, -0.15) is 0 Å². The second kappa shape index (κ2) is 9.80. The molecule has 0 saturated heterocycles. The topological polar surface area (TPSA) is 102 Å². The molecule has 0 saturated carbocycles. The zero-order chi connectivity index (χ0) is 19.8. The molecule has 1 N–H and O–H groups in total. The number of benzene rings is 1. The quantitative estimate of drug-likeness (QED) is 0.233. The average Bonchev–Trinajstić information content (AvgIpc) is 3.20. The molecule has 1 aromatic carbocycles. The van der Waals surface area contributed by atoms with Gasteiger partial charge in [-0.05, 0) is 30.7 Å². The molecular formula is C20H24N4O4. The summed E-state index contributed by atoms with van der Waals surface area (Å²) in [6.07, 6.45) is 5.96. The highest BCUT2D eigenvalue weighted by atomic mass is 16.5. The fourth-order valence-corrected chi connectivity index (χ4v) is 2.98. The van der Waals surface area contributed by atoms with E-state index in [2.05, 4.69) is 22.1 Å². The summed E-state index contributed by atoms with van der Waals surface area (Å²) < 4.78 is 11.5. The number of hydrogen-bond donors (Lipinski definition) is 1. The van der Waals surface area contributed by atoms with E-state index in [-0.39, 0.29) is 19.1 Å². The molecule has 2 aromatic heterocycles. The molecule has 0 aliphatic heterocycles. The van der Waals surface area contributed by atoms with Gasteiger partial charge in [-0.1, -0.05) is 32.3 Å². The minimum Gasteiger partial charge on any atom is -0.484 e. The molecule has 0 bridgehead atoms. The van der Waals surface area contributed by atoms with Crippen molar-refractivity contribution in [1.82, 2.24) is 20.2 Å². The largest absolute Gasteiger partial charge is 0.484 e. The van der Waals surface area contributed by atoms with E-state index in [1.807, 2.05) is 30.3 Å². The number of aromatic nitrogens is 3. The fraction of sp³-hybridized carbons (Fsp3) is 0.400. The normalized spacial score (nSPS) is 12.1. The first-order valence-corrected chi connectivity index (χ1v) is 9.40. The molecule has 1 amide bonds. The van der Waals surface area contributed by atoms with E-state index < -0.39 is 0 Å². The Kier molecular flexibility index (Phi) is 6.91. The number of carbonyl (C=O) groups is 1. The second-order valence-corrected chi connectivity index (χ2v) is 6.60. The monoisotopic (exact) mass is 384 g/mol. The van der Waals surface area contributed by atoms with Gasteiger partial charge in [0.05, 0.1) is 18.0 Å². The van der Waals surface area contributed by atoms with Crippen LogP contribution in [0, 0.1) is 0 Å². The van der Waals surface area contributed by atoms with E-state index in [0.29, 0.717) is 29.0 Å². The summed E-state index contributed by atoms with van der Waals surface area (Å²) in [6, 6.07) is 9.48. The Balaban J connectivity index is 1.63. The Labute approximate surface area is 163 Å². The zero-order valence-corrected chi connectivity index (χ0v) is 15.8. The van der Waals surface area contributed by atoms with Crippen molar-refractivity contribution >= 4 is 17.3 Å². The van der Waals surface area contributed by atoms with Crippen LogP contribution in [0.2, 0.25) is 0 Å². The van der Waals surface area contributed by atoms with Crippen molar-refractivity contribution in [2.45, 2.75) is 45.1 Å². The number of pyridine rings is 1. The second-order valence-electron chi connectivity index (χ2n) is 6.60. The summed E-state index contributed by atoms with van der Waals surface area (Å²) in [7, 11) is 0. The molecule has 8 heteroatoms. The first-order valence-electron chi connectivity index (χ1n) is 9.40. The number of nitrogens with zero attached hydrogens (tertiary/aromatic N) is 4. The number of carbonyl (C=O) groups excluding carboxylic acids is 1. The number of hydroxylamine groups is 2. The fourth-order valence-electron chi connectivity index (χ4n) is 2.98. The number of rotatable bonds is 11. The molecule has 3 aromatic rings. The zero-order valence-electron chi connectivity index (χ0n) is 15.8. The lowest BCUT2D eigenvalue weighted by Crippen LogP contribution is -2.24. The van der Waals surface area contributed by atoms with Crippen LogP contribution in [-0.2, 0) is 11.4 Å². The van der Waals surface area contributed by atoms with Crippen LogP contribution in [-0.4, -0.2) is 38.4 Å². The lowest BCUT2D eigenvalue weighted by Gasteiger charge is -2.16. The van der Waals surface area contributed by atoms with Gasteiger partial charge in [-0.3, -0.25) is 15.0 Å². The molecule has 0 radical (unpaired) electrons. The molecule has 3 rings (SSSR count). The van der Waals surface area contributed by atoms with Crippen LogP contribution in [0.4, 0.5) is 0 Å². The van der Waals surface area contributed by atoms with Crippen LogP contribution < -0.4 is 4.74 Å². The van der Waals surface area contributed by atoms with Crippen molar-refractivity contribution in [3.63, 3.8) is 0 Å². The van der Waals surface area contributed by atoms with Gasteiger partial charge in [0.25, 0.3) is 5.89 Å². The minimum atomic E-state index is -0.213. The molecule has 0 fully saturated rings. The SMILES string of the molecule is CCCCCC(CN(O)C=O)c1nnc(COc2ccc3ncccc3c2)o1. The van der Waals surface area contributed by atoms with Gasteiger partial charge in [-0.15, -0.1) is 10.2 Å². The smallest absolute Gasteiger partial charge is 0.253 e. The number of fused-ring (bicyclic) bond motifs is 1. The van der Waals surface area contributed by atoms with Gasteiger partial charge in [0.1, 0.15) is 5.75 Å². The molecule has 0 spiro atoms. The van der Waals surface area contributed by atoms with Crippen molar-refractivity contribution in [2.24, 2.45) is 0 Å². The Hall–Kier alpha value is -3.00. The molecule has 1 unspecified atom stereocenters. The van der Waals surface area contributed by atoms with Crippen molar-refractivity contribution in [2.75, 3.05) is 6.54 Å². The minimum absolute atomic E-state index is 0.118. The highest BCUT2D eigenvalue weighted by molar-refractivity contribution is 5.79. The van der Waals surface area contributed by atoms with Crippen LogP contribution in [0.1, 0.15) is 50.3 Å². The van der Waals surface area contributed by atoms with Crippen molar-refractivity contribution in [3.8, 4) is 5.75 Å². The third-order valence-electron chi connectivity index (χ3n) is 4.45. The lowest BCUT2D eigenvalue weighted by molar-refractivity contribution is -0.151. The Morgan fingerprint density at radius 3 is 3.00 bits per heavy atom. The van der Waals surface area contributed by atoms with E-state index in [9.17, 15) is 10.0 Å². The number of ether oxygens (including phenoxy) is 1. The van der Waals surface area contributed by atoms with E-state index in [0.717, 1.165) is 36.6 Å². The summed E-state index contributed by atoms with van der Waals surface area (Å²) in [4.78, 5) is 15.0. The van der Waals surface area contributed by atoms with Crippen LogP contribution in [0.15, 0.2) is 40.9 Å². The summed E-state index contributed by atoms with van der Waals surface area (Å²) in [5.41, 5.74) is 0.897. The highest BCUT2D eigenvalue weighted by Crippen LogP contribution is 2.24. The van der Waals surface area contributed by atoms with Crippen LogP contribution in [0.25, 0.3) is 10.9 Å². The number of hydrogen-bond acceptors (Lipinski definition) is 7. The van der Waals surface area contributed by atoms with Crippen LogP contribution in [0.5, 0.6) is 5.75 Å². The highest BCUT2D eigenvalue weighted by Gasteiger charge is 2.21. The number of amides is 1. The molecule has 8 nitrogen and oxygen atoms in total. The maximum Gasteiger partial charge on any atom is 0.253 e. The van der Waals surface area contributed by atoms with Gasteiger partial charge in [-0.25, -0.2) is 5.06 Å². The summed E-state index contributed by atoms with van der Waals surface area (Å²) in [5, 5.41) is 19.3. The van der Waals surface area contributed by atoms with Crippen LogP contribution in [0.3, 0.4) is 0 Å². The Morgan fingerprint density at radius 2 is 2.18 bits per heavy atom. The molecular weight excluding hydrogens is 360 g/mol. The molecule has 1 atom stereocenters. The van der Waals surface area contributed by atoms with Crippen molar-refractivity contribution in [3.05, 3.63) is 48.3 Å². The van der Waals surface area contributed by atoms with Gasteiger partial charge in [0, 0.05) is 11.6 Å². The average molecular weight is 384 g/mol. The Morgan fingerprint density at radius 1 is 1.29 bits per heavy atom. The van der Waals surface area contributed by atoms with Gasteiger partial charge < -0.3 is 9.15 Å². The standard InChI is InChI=1S/C20H24N4O4/c1-2-3-4-6-16(12-24(26)14-25)20-23-22-19(28-20)13-27-17-8-9-18-15(11-17)7-5-10-21-18/h5,7-11,14,16,26H,2-4,6,12-13H2,1H3. The van der Waals surface area contributed by atoms with Gasteiger partial charge in [0.15, 0.2) is 6.61 Å². The summed E-state index contributed by atoms with van der Waals surface area (Å²) in [6.45, 7) is 2.37. The number of unbranched alkanes of at least 4 members (excludes halogenated alkanes) is 2. The van der Waals surface area contributed by atoms with Crippen molar-refractivity contribution < 1.29 is 19.2 Å². The Bertz CT molecular complexity index is 899. The van der Waals surface area contributed by atoms with Gasteiger partial charge >= 0.3 is 0 Å². The predicted octanol–water partition coefficient (Wildman–Crippen LogP) is 3.71. The maximum atomic E-state index is 10.7. The van der Waals surface area contributed by atoms with E-state index in [4.69, 9.17) is 9.15 Å². The molecule has 0 aliphatic carbocycles. The molecule has 0 aliphatic rings. The molecule has 28 heavy (non-hydrogen) atoms. The van der Waals surface area contributed by atoms with E-state index in [1.54, 1.807) is 6.20 Å². The molecule has 148 valence electrons. The van der Waals surface area contributed by atoms with E-state index in [1.165, 1.54) is 0 Å². The predicted molar refractivity (Wildman–Crippen MR) is 102 cm³/mol. The lowest BCUT2D eigenvalue weighted by atomic mass is 10.0. The van der Waals surface area contributed by atoms with Gasteiger partial charge in [0.2, 0.25) is 12.3 Å². The maximum absolute atomic E-state index is 10.7. The first kappa shape index (κ1) is 19.8. The van der Waals surface area contributed by atoms with Crippen molar-refractivity contribution in [1.29, 1.82) is 0 Å².